The molecule has 482 valence electrons. The molecule has 20 atom stereocenters. The number of aliphatic hydroxyl groups is 5. The molecule has 0 aliphatic carbocycles. The summed E-state index contributed by atoms with van der Waals surface area (Å²) in [7, 11) is -37.9. The summed E-state index contributed by atoms with van der Waals surface area (Å²) in [5, 5.41) is 76.5. The minimum absolute atomic E-state index is 0.0160. The Morgan fingerprint density at radius 1 is 0.451 bits per heavy atom. The van der Waals surface area contributed by atoms with Crippen LogP contribution in [0.25, 0.3) is 0 Å². The molecule has 4 aliphatic heterocycles. The molecule has 4 saturated heterocycles. The fourth-order valence-electron chi connectivity index (χ4n) is 8.05. The Morgan fingerprint density at radius 3 is 1.29 bits per heavy atom. The lowest BCUT2D eigenvalue weighted by Crippen LogP contribution is -2.70. The van der Waals surface area contributed by atoms with Crippen LogP contribution >= 0.6 is 0 Å². The summed E-state index contributed by atoms with van der Waals surface area (Å²) < 4.78 is 286. The molecule has 17 N–H and O–H groups in total. The van der Waals surface area contributed by atoms with Crippen molar-refractivity contribution in [3.8, 4) is 0 Å². The first-order valence-corrected chi connectivity index (χ1v) is 32.5. The Bertz CT molecular complexity index is 2990. The predicted octanol–water partition coefficient (Wildman–Crippen LogP) is -10.9. The van der Waals surface area contributed by atoms with Gasteiger partial charge < -0.3 is 79.4 Å². The molecule has 0 spiro atoms. The molecule has 0 radical (unpaired) electrons. The van der Waals surface area contributed by atoms with Gasteiger partial charge in [-0.05, 0) is 12.8 Å². The summed E-state index contributed by atoms with van der Waals surface area (Å²) in [5.41, 5.74) is 5.26. The van der Waals surface area contributed by atoms with Gasteiger partial charge in [0.1, 0.15) is 73.1 Å². The summed E-state index contributed by atoms with van der Waals surface area (Å²) in [6.45, 7) is -4.02. The molecular weight excluding hydrogens is 1290 g/mol. The largest absolute Gasteiger partial charge is 0.479 e. The summed E-state index contributed by atoms with van der Waals surface area (Å²) in [6, 6.07) is -5.45. The first-order chi connectivity index (χ1) is 37.3. The molecule has 0 aromatic carbocycles. The van der Waals surface area contributed by atoms with E-state index in [4.69, 9.17) is 48.2 Å². The number of hydrogen-bond donors (Lipinski definition) is 16. The second kappa shape index (κ2) is 28.6. The molecule has 4 rings (SSSR count). The molecule has 0 aromatic rings. The Balaban J connectivity index is 1.76. The van der Waals surface area contributed by atoms with Gasteiger partial charge in [0.25, 0.3) is 0 Å². The minimum Gasteiger partial charge on any atom is -0.479 e. The van der Waals surface area contributed by atoms with Gasteiger partial charge in [-0.1, -0.05) is 6.42 Å². The van der Waals surface area contributed by atoms with Crippen molar-refractivity contribution in [1.29, 1.82) is 0 Å². The van der Waals surface area contributed by atoms with Gasteiger partial charge >= 0.3 is 74.1 Å². The number of carbonyl (C=O) groups is 2. The standard InChI is InChI=1S/C31H55N3O41S7/c32-4-7-76(44,45)6-3-1-2-5-64-30-22(74-81(58,59)60)17(38)20(24(72-30)26(40)41)71-29-13(34-78(49,50)51)16(37)19(11(68-29)9-66-80(55,56)57)69-31-23(75-82(61,62)63)18(39)21(25(73-31)27(42)43)70-28-12(33-77(46,47)48)15(36)14(35)10(67-28)8-65-79(52,53)54/h10-25,28-31,33-39H,1-9,32H2,(H,40,41)(H,42,43)(H,46,47,48)(H,49,50,51)(H,52,53,54)(H,55,56,57)(H,58,59,60)(H,61,62,63)/t10-,11-,12-,13-,14-,15-,16-,17+,18+,19-,20+,21+,22-,23-,24-,25-,28-,29-,30-,31-/m1/s1. The van der Waals surface area contributed by atoms with Crippen LogP contribution in [0.2, 0.25) is 0 Å². The minimum atomic E-state index is -6.08. The zero-order chi connectivity index (χ0) is 62.5. The van der Waals surface area contributed by atoms with Crippen molar-refractivity contribution in [2.24, 2.45) is 5.73 Å². The molecule has 0 amide bonds. The number of sulfone groups is 1. The summed E-state index contributed by atoms with van der Waals surface area (Å²) >= 11 is 0. The maximum atomic E-state index is 12.8. The molecule has 0 saturated carbocycles. The average Bonchev–Trinajstić information content (AvgIpc) is 3.52. The fraction of sp³-hybridized carbons (Fsp3) is 0.935. The summed E-state index contributed by atoms with van der Waals surface area (Å²) in [6.07, 6.45) is -50.1. The SMILES string of the molecule is NCCS(=O)(=O)CCCCCO[C@@H]1O[C@@H](C(=O)O)[C@@H](O[C@H]2O[C@H](COS(=O)(=O)O)[C@@H](O[C@@H]3O[C@@H](C(=O)O)[C@@H](O[C@H]4O[C@H](COS(=O)(=O)O)[C@@H](O)[C@H](O)[C@H]4NS(=O)(=O)O)[C@H](O)[C@H]3OS(=O)(=O)O)[C@H](O)[C@H]2NS(=O)(=O)O)[C@H](O)[C@H]1OS(=O)(=O)O. The highest BCUT2D eigenvalue weighted by atomic mass is 32.3. The van der Waals surface area contributed by atoms with Gasteiger partial charge in [0.05, 0.1) is 24.7 Å². The predicted molar refractivity (Wildman–Crippen MR) is 247 cm³/mol. The van der Waals surface area contributed by atoms with Crippen molar-refractivity contribution >= 4 is 84.0 Å². The van der Waals surface area contributed by atoms with E-state index >= 15 is 0 Å². The van der Waals surface area contributed by atoms with Crippen LogP contribution in [0, 0.1) is 0 Å². The second-order valence-electron chi connectivity index (χ2n) is 17.4. The lowest BCUT2D eigenvalue weighted by atomic mass is 9.94. The molecule has 0 bridgehead atoms. The zero-order valence-electron chi connectivity index (χ0n) is 40.6. The normalized spacial score (nSPS) is 35.7. The molecule has 4 fully saturated rings. The van der Waals surface area contributed by atoms with Crippen LogP contribution in [0.3, 0.4) is 0 Å². The average molecular weight is 1350 g/mol. The third kappa shape index (κ3) is 22.1. The van der Waals surface area contributed by atoms with Crippen molar-refractivity contribution in [2.75, 3.05) is 37.9 Å². The molecule has 51 heteroatoms. The van der Waals surface area contributed by atoms with E-state index in [1.54, 1.807) is 0 Å². The third-order valence-electron chi connectivity index (χ3n) is 11.4. The van der Waals surface area contributed by atoms with E-state index in [1.165, 1.54) is 9.44 Å². The van der Waals surface area contributed by atoms with E-state index in [-0.39, 0.29) is 37.3 Å². The van der Waals surface area contributed by atoms with Gasteiger partial charge in [-0.15, -0.1) is 0 Å². The lowest BCUT2D eigenvalue weighted by Gasteiger charge is -2.49. The first-order valence-electron chi connectivity index (χ1n) is 22.3. The maximum absolute atomic E-state index is 12.8. The number of nitrogens with two attached hydrogens (primary N) is 1. The molecule has 0 unspecified atom stereocenters. The molecule has 4 heterocycles. The van der Waals surface area contributed by atoms with E-state index in [1.807, 2.05) is 0 Å². The highest BCUT2D eigenvalue weighted by Crippen LogP contribution is 2.37. The number of ether oxygens (including phenoxy) is 8. The van der Waals surface area contributed by atoms with Crippen molar-refractivity contribution in [1.82, 2.24) is 9.44 Å². The van der Waals surface area contributed by atoms with Crippen LogP contribution < -0.4 is 15.2 Å². The Hall–Kier alpha value is -2.45. The van der Waals surface area contributed by atoms with E-state index < -0.39 is 227 Å². The third-order valence-corrected chi connectivity index (χ3v) is 16.1. The summed E-state index contributed by atoms with van der Waals surface area (Å²) in [4.78, 5) is 25.4. The lowest BCUT2D eigenvalue weighted by molar-refractivity contribution is -0.367. The second-order valence-corrected chi connectivity index (χ2v) is 26.3. The van der Waals surface area contributed by atoms with E-state index in [2.05, 4.69) is 16.7 Å². The maximum Gasteiger partial charge on any atom is 0.397 e. The van der Waals surface area contributed by atoms with Gasteiger partial charge in [0.2, 0.25) is 0 Å². The van der Waals surface area contributed by atoms with Crippen molar-refractivity contribution in [3.05, 3.63) is 0 Å². The van der Waals surface area contributed by atoms with Gasteiger partial charge in [0.15, 0.2) is 59.4 Å². The van der Waals surface area contributed by atoms with Gasteiger partial charge in [0, 0.05) is 13.2 Å². The van der Waals surface area contributed by atoms with E-state index in [0.29, 0.717) is 0 Å². The molecule has 0 aromatic heterocycles. The van der Waals surface area contributed by atoms with Crippen LogP contribution in [0.15, 0.2) is 0 Å². The molecule has 4 aliphatic rings. The monoisotopic (exact) mass is 1350 g/mol. The number of aliphatic hydroxyl groups excluding tert-OH is 5. The Kier molecular flexibility index (Phi) is 25.1. The van der Waals surface area contributed by atoms with Crippen LogP contribution in [0.5, 0.6) is 0 Å². The Labute approximate surface area is 463 Å². The number of carboxylic acid groups (broad SMARTS) is 2. The van der Waals surface area contributed by atoms with E-state index in [0.717, 1.165) is 0 Å². The highest BCUT2D eigenvalue weighted by Gasteiger charge is 2.60. The first kappa shape index (κ1) is 72.0. The topological polar surface area (TPSA) is 697 Å². The molecular formula is C31H55N3O41S7. The number of rotatable bonds is 31. The molecule has 82 heavy (non-hydrogen) atoms. The van der Waals surface area contributed by atoms with Crippen LogP contribution in [0.1, 0.15) is 19.3 Å². The van der Waals surface area contributed by atoms with Gasteiger partial charge in [-0.3, -0.25) is 27.3 Å². The number of unbranched alkanes of at least 4 members (excludes halogenated alkanes) is 2. The van der Waals surface area contributed by atoms with Crippen LogP contribution in [0.4, 0.5) is 0 Å². The van der Waals surface area contributed by atoms with Crippen molar-refractivity contribution in [2.45, 2.75) is 142 Å². The van der Waals surface area contributed by atoms with E-state index in [9.17, 15) is 127 Å². The summed E-state index contributed by atoms with van der Waals surface area (Å²) in [5.74, 6) is -5.24. The number of carboxylic acids is 2. The highest BCUT2D eigenvalue weighted by molar-refractivity contribution is 7.91. The number of nitrogens with one attached hydrogen (secondary N) is 2. The van der Waals surface area contributed by atoms with Crippen molar-refractivity contribution in [3.63, 3.8) is 0 Å². The zero-order valence-corrected chi connectivity index (χ0v) is 46.3. The number of hydrogen-bond acceptors (Lipinski definition) is 34. The van der Waals surface area contributed by atoms with Gasteiger partial charge in [-0.25, -0.2) is 34.7 Å². The van der Waals surface area contributed by atoms with Crippen LogP contribution in [-0.2, 0) is 136 Å². The van der Waals surface area contributed by atoms with Crippen molar-refractivity contribution < 1.29 is 186 Å². The Morgan fingerprint density at radius 2 is 0.866 bits per heavy atom. The quantitative estimate of drug-likeness (QED) is 0.0226. The number of aliphatic carboxylic acids is 2. The fourth-order valence-corrected chi connectivity index (χ4v) is 12.0. The van der Waals surface area contributed by atoms with Crippen LogP contribution in [-0.4, -0.2) is 294 Å². The smallest absolute Gasteiger partial charge is 0.397 e. The molecule has 44 nitrogen and oxygen atoms in total. The van der Waals surface area contributed by atoms with Gasteiger partial charge in [-0.2, -0.15) is 60.0 Å².